The average molecular weight is 386 g/mol. The van der Waals surface area contributed by atoms with Gasteiger partial charge in [0.2, 0.25) is 5.88 Å². The number of aliphatic imine (C=N–C) groups is 1. The molecule has 0 aliphatic carbocycles. The normalized spacial score (nSPS) is 18.6. The van der Waals surface area contributed by atoms with Crippen molar-refractivity contribution in [3.8, 4) is 5.88 Å². The summed E-state index contributed by atoms with van der Waals surface area (Å²) in [7, 11) is 1.60. The van der Waals surface area contributed by atoms with Gasteiger partial charge < -0.3 is 9.64 Å². The SMILES string of the molecule is CCCN1c2cc(Cl)c(C=Nc3ccc(OC)nc3)cc2C(C)CC1(C)C. The number of nitrogens with zero attached hydrogens (tertiary/aromatic N) is 3. The molecule has 0 saturated carbocycles. The Hall–Kier alpha value is -2.07. The van der Waals surface area contributed by atoms with Gasteiger partial charge >= 0.3 is 0 Å². The van der Waals surface area contributed by atoms with Crippen LogP contribution in [0.5, 0.6) is 5.88 Å². The fraction of sp³-hybridized carbons (Fsp3) is 0.455. The minimum Gasteiger partial charge on any atom is -0.481 e. The molecule has 0 fully saturated rings. The van der Waals surface area contributed by atoms with E-state index in [1.54, 1.807) is 19.4 Å². The second-order valence-electron chi connectivity index (χ2n) is 7.82. The highest BCUT2D eigenvalue weighted by Gasteiger charge is 2.36. The summed E-state index contributed by atoms with van der Waals surface area (Å²) >= 11 is 6.63. The van der Waals surface area contributed by atoms with Crippen LogP contribution in [0.25, 0.3) is 0 Å². The van der Waals surface area contributed by atoms with Gasteiger partial charge in [0.1, 0.15) is 0 Å². The van der Waals surface area contributed by atoms with Gasteiger partial charge in [-0.25, -0.2) is 4.98 Å². The minimum atomic E-state index is 0.135. The summed E-state index contributed by atoms with van der Waals surface area (Å²) in [6.45, 7) is 10.2. The molecule has 0 spiro atoms. The third-order valence-electron chi connectivity index (χ3n) is 5.23. The molecule has 2 aromatic rings. The number of fused-ring (bicyclic) bond motifs is 1. The standard InChI is InChI=1S/C22H28ClN3O/c1-6-9-26-20-11-19(23)16(10-18(20)15(2)12-22(26,3)4)13-24-17-7-8-21(27-5)25-14-17/h7-8,10-11,13-15H,6,9,12H2,1-5H3. The van der Waals surface area contributed by atoms with Gasteiger partial charge in [-0.3, -0.25) is 4.99 Å². The Morgan fingerprint density at radius 1 is 1.37 bits per heavy atom. The first-order chi connectivity index (χ1) is 12.9. The van der Waals surface area contributed by atoms with Crippen molar-refractivity contribution in [3.63, 3.8) is 0 Å². The van der Waals surface area contributed by atoms with Crippen molar-refractivity contribution in [2.75, 3.05) is 18.6 Å². The van der Waals surface area contributed by atoms with Crippen molar-refractivity contribution in [3.05, 3.63) is 46.6 Å². The lowest BCUT2D eigenvalue weighted by atomic mass is 9.79. The first-order valence-corrected chi connectivity index (χ1v) is 9.88. The Bertz CT molecular complexity index is 830. The zero-order chi connectivity index (χ0) is 19.6. The number of benzene rings is 1. The summed E-state index contributed by atoms with van der Waals surface area (Å²) in [5.41, 5.74) is 4.45. The molecule has 1 aromatic carbocycles. The summed E-state index contributed by atoms with van der Waals surface area (Å²) in [5.74, 6) is 1.06. The van der Waals surface area contributed by atoms with Crippen molar-refractivity contribution in [1.29, 1.82) is 0 Å². The molecular weight excluding hydrogens is 358 g/mol. The van der Waals surface area contributed by atoms with Gasteiger partial charge in [0.05, 0.1) is 24.0 Å². The summed E-state index contributed by atoms with van der Waals surface area (Å²) in [6, 6.07) is 7.98. The Morgan fingerprint density at radius 3 is 2.78 bits per heavy atom. The van der Waals surface area contributed by atoms with Gasteiger partial charge in [-0.2, -0.15) is 0 Å². The number of aromatic nitrogens is 1. The zero-order valence-electron chi connectivity index (χ0n) is 16.8. The molecule has 5 heteroatoms. The molecule has 4 nitrogen and oxygen atoms in total. The predicted molar refractivity (Wildman–Crippen MR) is 114 cm³/mol. The van der Waals surface area contributed by atoms with E-state index in [0.29, 0.717) is 11.8 Å². The monoisotopic (exact) mass is 385 g/mol. The molecule has 2 heterocycles. The van der Waals surface area contributed by atoms with Crippen molar-refractivity contribution in [2.24, 2.45) is 4.99 Å². The number of methoxy groups -OCH3 is 1. The van der Waals surface area contributed by atoms with E-state index >= 15 is 0 Å². The molecule has 1 atom stereocenters. The van der Waals surface area contributed by atoms with Crippen LogP contribution in [0.4, 0.5) is 11.4 Å². The number of hydrogen-bond acceptors (Lipinski definition) is 4. The van der Waals surface area contributed by atoms with Crippen molar-refractivity contribution in [2.45, 2.75) is 52.0 Å². The first kappa shape index (κ1) is 19.7. The fourth-order valence-electron chi connectivity index (χ4n) is 3.98. The van der Waals surface area contributed by atoms with Gasteiger partial charge in [0, 0.05) is 35.6 Å². The smallest absolute Gasteiger partial charge is 0.213 e. The van der Waals surface area contributed by atoms with Crippen LogP contribution in [0.3, 0.4) is 0 Å². The van der Waals surface area contributed by atoms with Crippen LogP contribution < -0.4 is 9.64 Å². The Balaban J connectivity index is 1.95. The number of anilines is 1. The average Bonchev–Trinajstić information content (AvgIpc) is 2.64. The minimum absolute atomic E-state index is 0.135. The highest BCUT2D eigenvalue weighted by atomic mass is 35.5. The Kier molecular flexibility index (Phi) is 5.75. The molecule has 0 saturated heterocycles. The summed E-state index contributed by atoms with van der Waals surface area (Å²) in [4.78, 5) is 11.2. The van der Waals surface area contributed by atoms with Crippen LogP contribution in [0.2, 0.25) is 5.02 Å². The molecule has 1 aliphatic rings. The third-order valence-corrected chi connectivity index (χ3v) is 5.56. The molecule has 1 unspecified atom stereocenters. The lowest BCUT2D eigenvalue weighted by molar-refractivity contribution is 0.376. The van der Waals surface area contributed by atoms with Crippen molar-refractivity contribution >= 4 is 29.2 Å². The first-order valence-electron chi connectivity index (χ1n) is 9.51. The lowest BCUT2D eigenvalue weighted by Crippen LogP contribution is -2.48. The molecule has 1 aliphatic heterocycles. The summed E-state index contributed by atoms with van der Waals surface area (Å²) in [6.07, 6.45) is 5.75. The van der Waals surface area contributed by atoms with Crippen LogP contribution in [0.15, 0.2) is 35.5 Å². The van der Waals surface area contributed by atoms with E-state index in [4.69, 9.17) is 16.3 Å². The Labute approximate surface area is 167 Å². The van der Waals surface area contributed by atoms with Crippen LogP contribution >= 0.6 is 11.6 Å². The predicted octanol–water partition coefficient (Wildman–Crippen LogP) is 6.00. The maximum atomic E-state index is 6.63. The highest BCUT2D eigenvalue weighted by Crippen LogP contribution is 2.45. The molecule has 0 bridgehead atoms. The number of rotatable bonds is 5. The second-order valence-corrected chi connectivity index (χ2v) is 8.23. The zero-order valence-corrected chi connectivity index (χ0v) is 17.5. The van der Waals surface area contributed by atoms with E-state index in [1.807, 2.05) is 12.3 Å². The van der Waals surface area contributed by atoms with E-state index in [-0.39, 0.29) is 5.54 Å². The van der Waals surface area contributed by atoms with E-state index in [0.717, 1.165) is 35.7 Å². The van der Waals surface area contributed by atoms with E-state index < -0.39 is 0 Å². The lowest BCUT2D eigenvalue weighted by Gasteiger charge is -2.47. The molecule has 144 valence electrons. The van der Waals surface area contributed by atoms with Gasteiger partial charge in [-0.15, -0.1) is 0 Å². The number of pyridine rings is 1. The third kappa shape index (κ3) is 4.11. The molecule has 3 rings (SSSR count). The summed E-state index contributed by atoms with van der Waals surface area (Å²) < 4.78 is 5.08. The van der Waals surface area contributed by atoms with Crippen LogP contribution in [0.1, 0.15) is 57.6 Å². The van der Waals surface area contributed by atoms with Crippen LogP contribution in [0, 0.1) is 0 Å². The van der Waals surface area contributed by atoms with E-state index in [2.05, 4.69) is 54.7 Å². The van der Waals surface area contributed by atoms with E-state index in [9.17, 15) is 0 Å². The second kappa shape index (κ2) is 7.89. The fourth-order valence-corrected chi connectivity index (χ4v) is 4.19. The largest absolute Gasteiger partial charge is 0.481 e. The molecule has 0 amide bonds. The number of hydrogen-bond donors (Lipinski definition) is 0. The molecule has 27 heavy (non-hydrogen) atoms. The van der Waals surface area contributed by atoms with Gasteiger partial charge in [-0.05, 0) is 56.4 Å². The van der Waals surface area contributed by atoms with Crippen LogP contribution in [-0.4, -0.2) is 30.4 Å². The molecular formula is C22H28ClN3O. The van der Waals surface area contributed by atoms with Gasteiger partial charge in [0.25, 0.3) is 0 Å². The van der Waals surface area contributed by atoms with Gasteiger partial charge in [0.15, 0.2) is 0 Å². The van der Waals surface area contributed by atoms with Crippen LogP contribution in [-0.2, 0) is 0 Å². The molecule has 1 aromatic heterocycles. The summed E-state index contributed by atoms with van der Waals surface area (Å²) in [5, 5.41) is 0.727. The van der Waals surface area contributed by atoms with Gasteiger partial charge in [-0.1, -0.05) is 25.4 Å². The maximum absolute atomic E-state index is 6.63. The quantitative estimate of drug-likeness (QED) is 0.592. The molecule has 0 radical (unpaired) electrons. The topological polar surface area (TPSA) is 37.7 Å². The highest BCUT2D eigenvalue weighted by molar-refractivity contribution is 6.33. The Morgan fingerprint density at radius 2 is 2.15 bits per heavy atom. The van der Waals surface area contributed by atoms with E-state index in [1.165, 1.54) is 11.3 Å². The molecule has 0 N–H and O–H groups in total. The number of halogens is 1. The van der Waals surface area contributed by atoms with Crippen molar-refractivity contribution < 1.29 is 4.74 Å². The maximum Gasteiger partial charge on any atom is 0.213 e. The number of ether oxygens (including phenoxy) is 1. The van der Waals surface area contributed by atoms with Crippen molar-refractivity contribution in [1.82, 2.24) is 4.98 Å².